The van der Waals surface area contributed by atoms with Gasteiger partial charge in [-0.25, -0.2) is 4.98 Å². The summed E-state index contributed by atoms with van der Waals surface area (Å²) in [4.78, 5) is 4.43. The van der Waals surface area contributed by atoms with E-state index in [1.807, 2.05) is 48.9 Å². The van der Waals surface area contributed by atoms with E-state index in [0.29, 0.717) is 0 Å². The first-order valence-corrected chi connectivity index (χ1v) is 17.9. The van der Waals surface area contributed by atoms with Crippen molar-refractivity contribution in [3.05, 3.63) is 181 Å². The lowest BCUT2D eigenvalue weighted by Gasteiger charge is -2.37. The molecule has 0 aliphatic carbocycles. The highest BCUT2D eigenvalue weighted by molar-refractivity contribution is 6.57. The summed E-state index contributed by atoms with van der Waals surface area (Å²) in [5.74, 6) is 1.80. The molecule has 0 amide bonds. The van der Waals surface area contributed by atoms with Crippen molar-refractivity contribution in [3.63, 3.8) is 0 Å². The molecule has 6 heteroatoms. The van der Waals surface area contributed by atoms with Crippen LogP contribution >= 0.6 is 0 Å². The fraction of sp³-hybridized carbons (Fsp3) is 0.195. The van der Waals surface area contributed by atoms with Gasteiger partial charge in [0.2, 0.25) is 0 Å². The standard InChI is InChI=1S/C28H32N2O2Si.C13H11B/c1-3-20-31-25-14-10-23(11-15-25)28(30-19-18-29-22-30,33-27-8-6-5-7-9-27)24-12-16-26(17-13-24)32-21-4-2;14-13(11-7-3-1-4-8-11)12-9-5-2-6-10-12/h5-19,22H,3-4,20-21,33H2,1-2H3;1-10,13H. The molecule has 0 bridgehead atoms. The molecule has 5 aromatic carbocycles. The maximum atomic E-state index is 6.12. The highest BCUT2D eigenvalue weighted by atomic mass is 28.2. The van der Waals surface area contributed by atoms with Crippen LogP contribution < -0.4 is 14.7 Å². The highest BCUT2D eigenvalue weighted by Gasteiger charge is 2.37. The third-order valence-corrected chi connectivity index (χ3v) is 10.7. The second-order valence-corrected chi connectivity index (χ2v) is 13.7. The van der Waals surface area contributed by atoms with E-state index >= 15 is 0 Å². The normalized spacial score (nSPS) is 11.3. The minimum Gasteiger partial charge on any atom is -0.494 e. The van der Waals surface area contributed by atoms with Gasteiger partial charge in [-0.3, -0.25) is 0 Å². The van der Waals surface area contributed by atoms with Gasteiger partial charge in [-0.1, -0.05) is 134 Å². The summed E-state index contributed by atoms with van der Waals surface area (Å²) in [6.07, 6.45) is 7.88. The molecule has 2 radical (unpaired) electrons. The Hall–Kier alpha value is -4.81. The van der Waals surface area contributed by atoms with E-state index in [1.54, 1.807) is 0 Å². The second-order valence-electron chi connectivity index (χ2n) is 11.5. The lowest BCUT2D eigenvalue weighted by atomic mass is 9.76. The minimum atomic E-state index is -0.885. The van der Waals surface area contributed by atoms with E-state index in [4.69, 9.17) is 17.3 Å². The van der Waals surface area contributed by atoms with E-state index in [1.165, 1.54) is 16.3 Å². The van der Waals surface area contributed by atoms with Gasteiger partial charge in [0.15, 0.2) is 0 Å². The first kappa shape index (κ1) is 33.6. The van der Waals surface area contributed by atoms with Crippen LogP contribution in [-0.2, 0) is 5.16 Å². The molecular weight excluding hydrogens is 591 g/mol. The number of nitrogens with zero attached hydrogens (tertiary/aromatic N) is 2. The zero-order valence-corrected chi connectivity index (χ0v) is 28.8. The van der Waals surface area contributed by atoms with E-state index in [2.05, 4.69) is 133 Å². The fourth-order valence-corrected chi connectivity index (χ4v) is 8.09. The van der Waals surface area contributed by atoms with Gasteiger partial charge in [0.05, 0.1) is 42.1 Å². The monoisotopic (exact) mass is 634 g/mol. The Labute approximate surface area is 283 Å². The number of hydrogen-bond donors (Lipinski definition) is 0. The van der Waals surface area contributed by atoms with Crippen LogP contribution in [0.2, 0.25) is 0 Å². The Morgan fingerprint density at radius 1 is 0.638 bits per heavy atom. The number of imidazole rings is 1. The van der Waals surface area contributed by atoms with Crippen molar-refractivity contribution in [2.24, 2.45) is 0 Å². The molecule has 6 rings (SSSR count). The first-order chi connectivity index (χ1) is 23.1. The zero-order valence-electron chi connectivity index (χ0n) is 27.4. The maximum Gasteiger partial charge on any atom is 0.119 e. The Morgan fingerprint density at radius 2 is 1.09 bits per heavy atom. The topological polar surface area (TPSA) is 36.3 Å². The summed E-state index contributed by atoms with van der Waals surface area (Å²) in [6.45, 7) is 5.70. The molecule has 0 saturated carbocycles. The van der Waals surface area contributed by atoms with Crippen molar-refractivity contribution in [1.82, 2.24) is 9.55 Å². The lowest BCUT2D eigenvalue weighted by Crippen LogP contribution is -2.46. The molecule has 1 aromatic heterocycles. The third kappa shape index (κ3) is 8.72. The second kappa shape index (κ2) is 17.2. The molecule has 0 unspecified atom stereocenters. The van der Waals surface area contributed by atoms with Crippen molar-refractivity contribution in [2.45, 2.75) is 37.7 Å². The van der Waals surface area contributed by atoms with Crippen LogP contribution in [0, 0.1) is 0 Å². The summed E-state index contributed by atoms with van der Waals surface area (Å²) in [5, 5.41) is 1.06. The Kier molecular flexibility index (Phi) is 12.3. The smallest absolute Gasteiger partial charge is 0.119 e. The summed E-state index contributed by atoms with van der Waals surface area (Å²) in [6, 6.07) is 48.3. The van der Waals surface area contributed by atoms with E-state index in [9.17, 15) is 0 Å². The summed E-state index contributed by atoms with van der Waals surface area (Å²) < 4.78 is 14.0. The molecular formula is C41H43BN2O2Si. The molecule has 4 nitrogen and oxygen atoms in total. The SMILES string of the molecule is CCCOc1ccc(C([SiH2]c2ccccc2)(c2ccc(OCCC)cc2)n2ccnc2)cc1.[B]C(c1ccccc1)c1ccccc1. The molecule has 0 N–H and O–H groups in total. The molecule has 0 spiro atoms. The van der Waals surface area contributed by atoms with E-state index in [0.717, 1.165) is 48.7 Å². The number of ether oxygens (including phenoxy) is 2. The van der Waals surface area contributed by atoms with Crippen molar-refractivity contribution >= 4 is 22.6 Å². The molecule has 0 aliphatic rings. The maximum absolute atomic E-state index is 6.12. The Balaban J connectivity index is 0.000000257. The van der Waals surface area contributed by atoms with Crippen molar-refractivity contribution in [2.75, 3.05) is 13.2 Å². The highest BCUT2D eigenvalue weighted by Crippen LogP contribution is 2.35. The summed E-state index contributed by atoms with van der Waals surface area (Å²) >= 11 is 0. The van der Waals surface area contributed by atoms with Gasteiger partial charge < -0.3 is 14.0 Å². The van der Waals surface area contributed by atoms with Crippen LogP contribution in [0.15, 0.2) is 158 Å². The first-order valence-electron chi connectivity index (χ1n) is 16.5. The molecule has 47 heavy (non-hydrogen) atoms. The molecule has 0 fully saturated rings. The van der Waals surface area contributed by atoms with Crippen LogP contribution in [-0.4, -0.2) is 40.1 Å². The van der Waals surface area contributed by atoms with Gasteiger partial charge in [-0.05, 0) is 65.2 Å². The molecule has 1 heterocycles. The quantitative estimate of drug-likeness (QED) is 0.123. The Bertz CT molecular complexity index is 1620. The molecule has 0 aliphatic heterocycles. The van der Waals surface area contributed by atoms with Gasteiger partial charge >= 0.3 is 0 Å². The number of benzene rings is 5. The molecule has 236 valence electrons. The molecule has 6 aromatic rings. The van der Waals surface area contributed by atoms with Gasteiger partial charge in [-0.15, -0.1) is 0 Å². The lowest BCUT2D eigenvalue weighted by molar-refractivity contribution is 0.317. The minimum absolute atomic E-state index is 0.0163. The van der Waals surface area contributed by atoms with Crippen LogP contribution in [0.25, 0.3) is 0 Å². The van der Waals surface area contributed by atoms with Gasteiger partial charge in [0.25, 0.3) is 0 Å². The molecule has 0 atom stereocenters. The molecule has 0 saturated heterocycles. The number of aromatic nitrogens is 2. The average Bonchev–Trinajstić information content (AvgIpc) is 3.70. The Morgan fingerprint density at radius 3 is 1.49 bits per heavy atom. The summed E-state index contributed by atoms with van der Waals surface area (Å²) in [7, 11) is 5.23. The van der Waals surface area contributed by atoms with Crippen LogP contribution in [0.3, 0.4) is 0 Å². The van der Waals surface area contributed by atoms with Crippen molar-refractivity contribution in [1.29, 1.82) is 0 Å². The average molecular weight is 635 g/mol. The van der Waals surface area contributed by atoms with Gasteiger partial charge in [0, 0.05) is 12.4 Å². The largest absolute Gasteiger partial charge is 0.494 e. The van der Waals surface area contributed by atoms with Crippen molar-refractivity contribution < 1.29 is 9.47 Å². The number of hydrogen-bond acceptors (Lipinski definition) is 3. The fourth-order valence-electron chi connectivity index (χ4n) is 5.74. The summed E-state index contributed by atoms with van der Waals surface area (Å²) in [5.41, 5.74) is 4.78. The van der Waals surface area contributed by atoms with Gasteiger partial charge in [0.1, 0.15) is 11.5 Å². The zero-order chi connectivity index (χ0) is 32.7. The van der Waals surface area contributed by atoms with Gasteiger partial charge in [-0.2, -0.15) is 0 Å². The van der Waals surface area contributed by atoms with Crippen LogP contribution in [0.4, 0.5) is 0 Å². The number of rotatable bonds is 13. The van der Waals surface area contributed by atoms with E-state index < -0.39 is 9.52 Å². The predicted molar refractivity (Wildman–Crippen MR) is 198 cm³/mol. The predicted octanol–water partition coefficient (Wildman–Crippen LogP) is 7.65. The van der Waals surface area contributed by atoms with E-state index in [-0.39, 0.29) is 11.0 Å². The van der Waals surface area contributed by atoms with Crippen LogP contribution in [0.5, 0.6) is 11.5 Å². The van der Waals surface area contributed by atoms with Crippen LogP contribution in [0.1, 0.15) is 54.8 Å². The van der Waals surface area contributed by atoms with Crippen molar-refractivity contribution in [3.8, 4) is 11.5 Å². The third-order valence-electron chi connectivity index (χ3n) is 8.17.